The van der Waals surface area contributed by atoms with Gasteiger partial charge in [-0.2, -0.15) is 13.2 Å². The zero-order chi connectivity index (χ0) is 24.1. The first-order valence-corrected chi connectivity index (χ1v) is 9.89. The average molecular weight is 457 g/mol. The Bertz CT molecular complexity index is 965. The molecule has 0 bridgehead atoms. The number of aromatic amines is 1. The van der Waals surface area contributed by atoms with Gasteiger partial charge in [0.2, 0.25) is 0 Å². The van der Waals surface area contributed by atoms with Crippen LogP contribution in [-0.2, 0) is 25.5 Å². The van der Waals surface area contributed by atoms with E-state index in [1.807, 2.05) is 18.2 Å². The molecule has 0 saturated heterocycles. The summed E-state index contributed by atoms with van der Waals surface area (Å²) in [6.45, 7) is 6.33. The van der Waals surface area contributed by atoms with Crippen LogP contribution in [0.1, 0.15) is 39.7 Å². The van der Waals surface area contributed by atoms with E-state index >= 15 is 0 Å². The molecule has 176 valence electrons. The molecule has 0 fully saturated rings. The summed E-state index contributed by atoms with van der Waals surface area (Å²) in [5, 5.41) is 5.50. The molecule has 1 aromatic carbocycles. The van der Waals surface area contributed by atoms with Gasteiger partial charge in [0.15, 0.2) is 6.10 Å². The number of H-pyrrole nitrogens is 1. The molecule has 2 rings (SSSR count). The maximum Gasteiger partial charge on any atom is 0.490 e. The van der Waals surface area contributed by atoms with E-state index < -0.39 is 42.0 Å². The Morgan fingerprint density at radius 1 is 1.09 bits per heavy atom. The standard InChI is InChI=1S/C21H26F3N3O5/c1-12(27-19(30)32-20(2,3)4)26-17(28)16(31-18(29)21(22,23)24)10-9-13-11-25-15-8-6-5-7-14(13)15/h5-8,11-12,16,25H,9-10H2,1-4H3,(H,26,28)(H,27,30). The first-order valence-electron chi connectivity index (χ1n) is 9.89. The molecule has 0 aliphatic rings. The van der Waals surface area contributed by atoms with Gasteiger partial charge in [0, 0.05) is 17.1 Å². The lowest BCUT2D eigenvalue weighted by Crippen LogP contribution is -2.51. The molecule has 2 unspecified atom stereocenters. The minimum absolute atomic E-state index is 0.168. The molecule has 1 heterocycles. The van der Waals surface area contributed by atoms with Crippen molar-refractivity contribution < 1.29 is 37.0 Å². The van der Waals surface area contributed by atoms with Crippen LogP contribution in [0.15, 0.2) is 30.5 Å². The van der Waals surface area contributed by atoms with Gasteiger partial charge in [0.1, 0.15) is 11.8 Å². The van der Waals surface area contributed by atoms with E-state index in [9.17, 15) is 27.6 Å². The van der Waals surface area contributed by atoms with E-state index in [1.165, 1.54) is 6.92 Å². The van der Waals surface area contributed by atoms with E-state index in [4.69, 9.17) is 4.74 Å². The number of alkyl carbamates (subject to hydrolysis) is 1. The van der Waals surface area contributed by atoms with Crippen LogP contribution in [0.2, 0.25) is 0 Å². The Hall–Kier alpha value is -3.24. The van der Waals surface area contributed by atoms with Crippen molar-refractivity contribution in [2.24, 2.45) is 0 Å². The van der Waals surface area contributed by atoms with Crippen LogP contribution in [0.25, 0.3) is 10.9 Å². The number of aryl methyl sites for hydroxylation is 1. The number of carbonyl (C=O) groups excluding carboxylic acids is 3. The van der Waals surface area contributed by atoms with Gasteiger partial charge in [-0.25, -0.2) is 9.59 Å². The van der Waals surface area contributed by atoms with E-state index in [-0.39, 0.29) is 12.8 Å². The number of fused-ring (bicyclic) bond motifs is 1. The molecular formula is C21H26F3N3O5. The van der Waals surface area contributed by atoms with Crippen molar-refractivity contribution in [1.82, 2.24) is 15.6 Å². The van der Waals surface area contributed by atoms with Crippen LogP contribution in [0.5, 0.6) is 0 Å². The number of ether oxygens (including phenoxy) is 2. The molecule has 32 heavy (non-hydrogen) atoms. The molecule has 8 nitrogen and oxygen atoms in total. The van der Waals surface area contributed by atoms with Gasteiger partial charge in [0.25, 0.3) is 5.91 Å². The van der Waals surface area contributed by atoms with Gasteiger partial charge in [-0.05, 0) is 52.2 Å². The van der Waals surface area contributed by atoms with E-state index in [2.05, 4.69) is 20.4 Å². The lowest BCUT2D eigenvalue weighted by Gasteiger charge is -2.24. The molecule has 2 atom stereocenters. The minimum Gasteiger partial charge on any atom is -0.446 e. The molecule has 2 aromatic rings. The smallest absolute Gasteiger partial charge is 0.446 e. The molecule has 0 radical (unpaired) electrons. The SMILES string of the molecule is CC(NC(=O)OC(C)(C)C)NC(=O)C(CCc1c[nH]c2ccccc12)OC(=O)C(F)(F)F. The Kier molecular flexibility index (Phi) is 7.76. The van der Waals surface area contributed by atoms with E-state index in [1.54, 1.807) is 33.0 Å². The Balaban J connectivity index is 2.07. The predicted molar refractivity (Wildman–Crippen MR) is 110 cm³/mol. The monoisotopic (exact) mass is 457 g/mol. The van der Waals surface area contributed by atoms with Crippen molar-refractivity contribution in [1.29, 1.82) is 0 Å². The zero-order valence-electron chi connectivity index (χ0n) is 18.1. The number of benzene rings is 1. The second kappa shape index (κ2) is 9.92. The Morgan fingerprint density at radius 2 is 1.75 bits per heavy atom. The largest absolute Gasteiger partial charge is 0.490 e. The lowest BCUT2D eigenvalue weighted by molar-refractivity contribution is -0.205. The fraction of sp³-hybridized carbons (Fsp3) is 0.476. The second-order valence-electron chi connectivity index (χ2n) is 8.17. The van der Waals surface area contributed by atoms with E-state index in [0.29, 0.717) is 0 Å². The Labute approximate surface area is 182 Å². The number of alkyl halides is 3. The van der Waals surface area contributed by atoms with Gasteiger partial charge in [-0.3, -0.25) is 4.79 Å². The normalized spacial score (nSPS) is 13.8. The van der Waals surface area contributed by atoms with Crippen molar-refractivity contribution in [3.8, 4) is 0 Å². The van der Waals surface area contributed by atoms with Crippen molar-refractivity contribution in [3.05, 3.63) is 36.0 Å². The predicted octanol–water partition coefficient (Wildman–Crippen LogP) is 3.56. The summed E-state index contributed by atoms with van der Waals surface area (Å²) in [5.41, 5.74) is 0.796. The number of carbonyl (C=O) groups is 3. The third-order valence-electron chi connectivity index (χ3n) is 4.22. The van der Waals surface area contributed by atoms with Gasteiger partial charge >= 0.3 is 18.2 Å². The minimum atomic E-state index is -5.25. The average Bonchev–Trinajstić information content (AvgIpc) is 3.05. The van der Waals surface area contributed by atoms with Gasteiger partial charge in [-0.1, -0.05) is 18.2 Å². The first-order chi connectivity index (χ1) is 14.8. The summed E-state index contributed by atoms with van der Waals surface area (Å²) in [6.07, 6.45) is -7.14. The highest BCUT2D eigenvalue weighted by Gasteiger charge is 2.43. The van der Waals surface area contributed by atoms with Crippen LogP contribution in [0.4, 0.5) is 18.0 Å². The second-order valence-corrected chi connectivity index (χ2v) is 8.17. The molecule has 0 saturated carbocycles. The molecule has 1 aromatic heterocycles. The lowest BCUT2D eigenvalue weighted by atomic mass is 10.1. The van der Waals surface area contributed by atoms with Crippen LogP contribution in [-0.4, -0.2) is 47.0 Å². The molecule has 0 spiro atoms. The summed E-state index contributed by atoms with van der Waals surface area (Å²) < 4.78 is 47.6. The summed E-state index contributed by atoms with van der Waals surface area (Å²) in [4.78, 5) is 38.7. The highest BCUT2D eigenvalue weighted by atomic mass is 19.4. The van der Waals surface area contributed by atoms with Crippen LogP contribution < -0.4 is 10.6 Å². The van der Waals surface area contributed by atoms with Crippen molar-refractivity contribution >= 4 is 28.9 Å². The summed E-state index contributed by atoms with van der Waals surface area (Å²) in [6, 6.07) is 7.28. The fourth-order valence-corrected chi connectivity index (χ4v) is 2.89. The molecule has 11 heteroatoms. The number of hydrogen-bond donors (Lipinski definition) is 3. The number of rotatable bonds is 7. The van der Waals surface area contributed by atoms with E-state index in [0.717, 1.165) is 16.5 Å². The quantitative estimate of drug-likeness (QED) is 0.435. The number of esters is 1. The third kappa shape index (κ3) is 7.47. The molecule has 2 amide bonds. The maximum absolute atomic E-state index is 12.7. The number of aromatic nitrogens is 1. The zero-order valence-corrected chi connectivity index (χ0v) is 18.1. The molecule has 0 aliphatic heterocycles. The first kappa shape index (κ1) is 25.0. The highest BCUT2D eigenvalue weighted by Crippen LogP contribution is 2.22. The molecular weight excluding hydrogens is 431 g/mol. The molecule has 3 N–H and O–H groups in total. The number of para-hydroxylation sites is 1. The summed E-state index contributed by atoms with van der Waals surface area (Å²) in [7, 11) is 0. The summed E-state index contributed by atoms with van der Waals surface area (Å²) in [5.74, 6) is -3.45. The van der Waals surface area contributed by atoms with Gasteiger partial charge in [0.05, 0.1) is 0 Å². The van der Waals surface area contributed by atoms with Crippen molar-refractivity contribution in [2.45, 2.75) is 64.6 Å². The van der Waals surface area contributed by atoms with Crippen LogP contribution >= 0.6 is 0 Å². The fourth-order valence-electron chi connectivity index (χ4n) is 2.89. The van der Waals surface area contributed by atoms with Crippen molar-refractivity contribution in [3.63, 3.8) is 0 Å². The topological polar surface area (TPSA) is 110 Å². The maximum atomic E-state index is 12.7. The van der Waals surface area contributed by atoms with Gasteiger partial charge < -0.3 is 25.1 Å². The van der Waals surface area contributed by atoms with Crippen LogP contribution in [0.3, 0.4) is 0 Å². The molecule has 0 aliphatic carbocycles. The third-order valence-corrected chi connectivity index (χ3v) is 4.22. The number of nitrogens with one attached hydrogen (secondary N) is 3. The highest BCUT2D eigenvalue weighted by molar-refractivity contribution is 5.86. The number of halogens is 3. The van der Waals surface area contributed by atoms with Gasteiger partial charge in [-0.15, -0.1) is 0 Å². The number of hydrogen-bond acceptors (Lipinski definition) is 5. The van der Waals surface area contributed by atoms with Crippen molar-refractivity contribution in [2.75, 3.05) is 0 Å². The van der Waals surface area contributed by atoms with Crippen LogP contribution in [0, 0.1) is 0 Å². The Morgan fingerprint density at radius 3 is 2.38 bits per heavy atom. The number of amides is 2. The summed E-state index contributed by atoms with van der Waals surface area (Å²) >= 11 is 0.